The maximum Gasteiger partial charge on any atom is 0.293 e. The first-order valence-corrected chi connectivity index (χ1v) is 11.3. The third-order valence-corrected chi connectivity index (χ3v) is 7.86. The molecule has 0 unspecified atom stereocenters. The number of nitrogens with one attached hydrogen (secondary N) is 1. The van der Waals surface area contributed by atoms with Crippen LogP contribution < -0.4 is 5.32 Å². The Hall–Kier alpha value is -2.33. The quantitative estimate of drug-likeness (QED) is 0.695. The van der Waals surface area contributed by atoms with E-state index in [0.29, 0.717) is 12.2 Å². The van der Waals surface area contributed by atoms with Crippen LogP contribution in [0.25, 0.3) is 6.08 Å². The molecule has 2 atom stereocenters. The van der Waals surface area contributed by atoms with Crippen LogP contribution in [0.3, 0.4) is 0 Å². The summed E-state index contributed by atoms with van der Waals surface area (Å²) < 4.78 is 13.8. The minimum atomic E-state index is -0.536. The first-order valence-electron chi connectivity index (χ1n) is 9.54. The van der Waals surface area contributed by atoms with Crippen LogP contribution in [-0.2, 0) is 14.4 Å². The number of carbonyl (C=O) groups is 4. The average molecular weight is 450 g/mol. The fourth-order valence-corrected chi connectivity index (χ4v) is 6.14. The molecule has 3 heterocycles. The molecule has 3 aliphatic heterocycles. The first kappa shape index (κ1) is 20.9. The number of thioether (sulfide) groups is 2. The van der Waals surface area contributed by atoms with Gasteiger partial charge in [0.2, 0.25) is 11.8 Å². The van der Waals surface area contributed by atoms with Gasteiger partial charge in [-0.2, -0.15) is 0 Å². The molecule has 3 saturated heterocycles. The topological polar surface area (TPSA) is 86.8 Å². The summed E-state index contributed by atoms with van der Waals surface area (Å²) in [6.07, 6.45) is 2.53. The van der Waals surface area contributed by atoms with Gasteiger partial charge >= 0.3 is 0 Å². The van der Waals surface area contributed by atoms with Crippen LogP contribution >= 0.6 is 23.5 Å². The second kappa shape index (κ2) is 8.07. The van der Waals surface area contributed by atoms with Crippen molar-refractivity contribution in [1.82, 2.24) is 15.1 Å². The number of halogens is 1. The van der Waals surface area contributed by atoms with Gasteiger partial charge in [-0.15, -0.1) is 11.8 Å². The Kier molecular flexibility index (Phi) is 5.63. The summed E-state index contributed by atoms with van der Waals surface area (Å²) in [5, 5.41) is 2.27. The molecule has 0 spiro atoms. The van der Waals surface area contributed by atoms with Gasteiger partial charge in [0.15, 0.2) is 0 Å². The molecule has 0 aromatic heterocycles. The molecule has 3 aliphatic rings. The van der Waals surface area contributed by atoms with E-state index in [1.54, 1.807) is 28.8 Å². The Morgan fingerprint density at radius 2 is 2.10 bits per heavy atom. The summed E-state index contributed by atoms with van der Waals surface area (Å²) >= 11 is 2.35. The molecular formula is C20H20FN3O4S2. The number of amides is 4. The first-order chi connectivity index (χ1) is 14.3. The van der Waals surface area contributed by atoms with E-state index in [9.17, 15) is 23.6 Å². The van der Waals surface area contributed by atoms with Gasteiger partial charge in [0, 0.05) is 30.8 Å². The van der Waals surface area contributed by atoms with Crippen molar-refractivity contribution in [2.75, 3.05) is 18.8 Å². The minimum Gasteiger partial charge on any atom is -0.352 e. The predicted molar refractivity (Wildman–Crippen MR) is 113 cm³/mol. The third-order valence-electron chi connectivity index (χ3n) is 5.45. The molecule has 3 fully saturated rings. The number of rotatable bonds is 5. The smallest absolute Gasteiger partial charge is 0.293 e. The highest BCUT2D eigenvalue weighted by Gasteiger charge is 2.52. The molecule has 4 rings (SSSR count). The van der Waals surface area contributed by atoms with Crippen molar-refractivity contribution >= 4 is 52.6 Å². The Bertz CT molecular complexity index is 969. The number of nitrogens with zero attached hydrogens (tertiary/aromatic N) is 2. The van der Waals surface area contributed by atoms with Crippen LogP contribution in [0.1, 0.15) is 25.3 Å². The minimum absolute atomic E-state index is 0.0100. The third kappa shape index (κ3) is 3.74. The monoisotopic (exact) mass is 449 g/mol. The zero-order valence-electron chi connectivity index (χ0n) is 16.2. The molecule has 0 bridgehead atoms. The lowest BCUT2D eigenvalue weighted by atomic mass is 10.2. The lowest BCUT2D eigenvalue weighted by Crippen LogP contribution is -2.51. The van der Waals surface area contributed by atoms with Crippen molar-refractivity contribution < 1.29 is 23.6 Å². The molecule has 0 saturated carbocycles. The van der Waals surface area contributed by atoms with Crippen molar-refractivity contribution in [2.24, 2.45) is 0 Å². The summed E-state index contributed by atoms with van der Waals surface area (Å²) in [5.74, 6) is -0.765. The molecule has 4 amide bonds. The van der Waals surface area contributed by atoms with Crippen LogP contribution in [-0.4, -0.2) is 62.5 Å². The summed E-state index contributed by atoms with van der Waals surface area (Å²) in [7, 11) is 0. The standard InChI is InChI=1S/C20H20FN3O4S2/c1-20-7-6-16(25)24(20)14(11-29-20)17(26)22-8-9-23-18(27)15(30-19(23)28)10-12-4-2-3-5-13(12)21/h2-5,10,14H,6-9,11H2,1H3,(H,22,26)/b15-10-/t14-,20+/m1/s1. The van der Waals surface area contributed by atoms with Gasteiger partial charge < -0.3 is 10.2 Å². The summed E-state index contributed by atoms with van der Waals surface area (Å²) in [4.78, 5) is 52.0. The lowest BCUT2D eigenvalue weighted by Gasteiger charge is -2.29. The van der Waals surface area contributed by atoms with Gasteiger partial charge in [-0.25, -0.2) is 4.39 Å². The van der Waals surface area contributed by atoms with Gasteiger partial charge in [0.25, 0.3) is 11.1 Å². The van der Waals surface area contributed by atoms with E-state index < -0.39 is 23.0 Å². The fraction of sp³-hybridized carbons (Fsp3) is 0.400. The SMILES string of the molecule is C[C@]12CCC(=O)N1[C@@H](C(=O)NCCN1C(=O)S/C(=C\c3ccccc3F)C1=O)CS2. The molecule has 7 nitrogen and oxygen atoms in total. The highest BCUT2D eigenvalue weighted by molar-refractivity contribution is 8.18. The maximum absolute atomic E-state index is 13.8. The van der Waals surface area contributed by atoms with Crippen LogP contribution in [0.4, 0.5) is 9.18 Å². The molecule has 1 aromatic rings. The summed E-state index contributed by atoms with van der Waals surface area (Å²) in [5.41, 5.74) is 0.230. The molecule has 1 aromatic carbocycles. The van der Waals surface area contributed by atoms with E-state index in [-0.39, 0.29) is 40.2 Å². The number of imide groups is 1. The maximum atomic E-state index is 13.8. The van der Waals surface area contributed by atoms with Crippen LogP contribution in [0.2, 0.25) is 0 Å². The predicted octanol–water partition coefficient (Wildman–Crippen LogP) is 2.43. The van der Waals surface area contributed by atoms with E-state index in [1.807, 2.05) is 6.92 Å². The molecule has 30 heavy (non-hydrogen) atoms. The molecule has 0 aliphatic carbocycles. The number of fused-ring (bicyclic) bond motifs is 1. The number of carbonyl (C=O) groups excluding carboxylic acids is 4. The Morgan fingerprint density at radius 3 is 2.87 bits per heavy atom. The second-order valence-electron chi connectivity index (χ2n) is 7.41. The van der Waals surface area contributed by atoms with Gasteiger partial charge in [0.05, 0.1) is 9.78 Å². The molecule has 158 valence electrons. The van der Waals surface area contributed by atoms with Crippen molar-refractivity contribution in [3.63, 3.8) is 0 Å². The second-order valence-corrected chi connectivity index (χ2v) is 9.91. The number of hydrogen-bond donors (Lipinski definition) is 1. The van der Waals surface area contributed by atoms with Crippen LogP contribution in [0, 0.1) is 5.82 Å². The Morgan fingerprint density at radius 1 is 1.33 bits per heavy atom. The van der Waals surface area contributed by atoms with E-state index >= 15 is 0 Å². The normalized spacial score (nSPS) is 27.3. The van der Waals surface area contributed by atoms with Gasteiger partial charge in [-0.3, -0.25) is 24.1 Å². The van der Waals surface area contributed by atoms with Gasteiger partial charge in [0.1, 0.15) is 11.9 Å². The van der Waals surface area contributed by atoms with E-state index in [0.717, 1.165) is 23.1 Å². The summed E-state index contributed by atoms with van der Waals surface area (Å²) in [6.45, 7) is 2.07. The molecule has 0 radical (unpaired) electrons. The van der Waals surface area contributed by atoms with E-state index in [4.69, 9.17) is 0 Å². The molecule has 1 N–H and O–H groups in total. The van der Waals surface area contributed by atoms with Crippen LogP contribution in [0.15, 0.2) is 29.2 Å². The molecular weight excluding hydrogens is 429 g/mol. The average Bonchev–Trinajstić information content (AvgIpc) is 3.30. The fourth-order valence-electron chi connectivity index (χ4n) is 3.85. The summed E-state index contributed by atoms with van der Waals surface area (Å²) in [6, 6.07) is 5.46. The van der Waals surface area contributed by atoms with E-state index in [2.05, 4.69) is 5.32 Å². The Labute approximate surface area is 181 Å². The zero-order chi connectivity index (χ0) is 21.5. The highest BCUT2D eigenvalue weighted by Crippen LogP contribution is 2.47. The lowest BCUT2D eigenvalue weighted by molar-refractivity contribution is -0.137. The van der Waals surface area contributed by atoms with Crippen molar-refractivity contribution in [3.8, 4) is 0 Å². The van der Waals surface area contributed by atoms with Gasteiger partial charge in [-0.1, -0.05) is 18.2 Å². The number of hydrogen-bond acceptors (Lipinski definition) is 6. The highest BCUT2D eigenvalue weighted by atomic mass is 32.2. The van der Waals surface area contributed by atoms with Crippen molar-refractivity contribution in [1.29, 1.82) is 0 Å². The van der Waals surface area contributed by atoms with E-state index in [1.165, 1.54) is 18.2 Å². The van der Waals surface area contributed by atoms with Gasteiger partial charge in [-0.05, 0) is 37.2 Å². The van der Waals surface area contributed by atoms with Crippen molar-refractivity contribution in [2.45, 2.75) is 30.7 Å². The molecule has 10 heteroatoms. The Balaban J connectivity index is 1.35. The van der Waals surface area contributed by atoms with Crippen LogP contribution in [0.5, 0.6) is 0 Å². The number of benzene rings is 1. The van der Waals surface area contributed by atoms with Crippen molar-refractivity contribution in [3.05, 3.63) is 40.6 Å². The zero-order valence-corrected chi connectivity index (χ0v) is 17.9. The largest absolute Gasteiger partial charge is 0.352 e.